The molecule has 1 aromatic rings. The van der Waals surface area contributed by atoms with Crippen LogP contribution in [-0.4, -0.2) is 120 Å². The molecule has 4 heterocycles. The molecule has 0 unspecified atom stereocenters. The van der Waals surface area contributed by atoms with Crippen LogP contribution in [0.4, 0.5) is 9.59 Å². The number of carbonyl (C=O) groups excluding carboxylic acids is 3. The van der Waals surface area contributed by atoms with Crippen LogP contribution in [-0.2, 0) is 20.7 Å². The van der Waals surface area contributed by atoms with E-state index in [-0.39, 0.29) is 30.2 Å². The van der Waals surface area contributed by atoms with Crippen LogP contribution >= 0.6 is 0 Å². The van der Waals surface area contributed by atoms with Crippen molar-refractivity contribution in [2.45, 2.75) is 83.4 Å². The van der Waals surface area contributed by atoms with Crippen LogP contribution in [0.3, 0.4) is 0 Å². The Bertz CT molecular complexity index is 1330. The fourth-order valence-corrected chi connectivity index (χ4v) is 7.69. The van der Waals surface area contributed by atoms with Gasteiger partial charge in [-0.15, -0.1) is 0 Å². The second kappa shape index (κ2) is 14.5. The maximum Gasteiger partial charge on any atom is 0.410 e. The molecule has 0 aromatic heterocycles. The summed E-state index contributed by atoms with van der Waals surface area (Å²) in [5.74, 6) is 0.0704. The van der Waals surface area contributed by atoms with Crippen LogP contribution in [0.1, 0.15) is 61.6 Å². The molecule has 6 rings (SSSR count). The van der Waals surface area contributed by atoms with Gasteiger partial charge in [0.25, 0.3) is 5.91 Å². The molecule has 2 N–H and O–H groups in total. The number of ether oxygens (including phenoxy) is 2. The monoisotopic (exact) mass is 635 g/mol. The third kappa shape index (κ3) is 7.36. The summed E-state index contributed by atoms with van der Waals surface area (Å²) in [6.45, 7) is 9.86. The van der Waals surface area contributed by atoms with Crippen molar-refractivity contribution in [3.63, 3.8) is 0 Å². The fraction of sp³-hybridized carbons (Fsp3) is 0.629. The highest BCUT2D eigenvalue weighted by molar-refractivity contribution is 5.84. The number of likely N-dealkylation sites (tertiary alicyclic amines) is 2. The molecule has 11 heteroatoms. The number of aryl methyl sites for hydroxylation is 2. The lowest BCUT2D eigenvalue weighted by atomic mass is 9.99. The second-order valence-electron chi connectivity index (χ2n) is 13.4. The smallest absolute Gasteiger partial charge is 0.410 e. The number of phenols is 1. The molecule has 3 saturated heterocycles. The van der Waals surface area contributed by atoms with Crippen molar-refractivity contribution in [2.24, 2.45) is 0 Å². The van der Waals surface area contributed by atoms with E-state index in [1.807, 2.05) is 35.8 Å². The van der Waals surface area contributed by atoms with Crippen LogP contribution in [0.5, 0.6) is 5.75 Å². The van der Waals surface area contributed by atoms with Gasteiger partial charge in [0.15, 0.2) is 6.10 Å². The summed E-state index contributed by atoms with van der Waals surface area (Å²) in [7, 11) is 0. The first-order chi connectivity index (χ1) is 22.3. The van der Waals surface area contributed by atoms with Crippen LogP contribution in [0.15, 0.2) is 35.6 Å². The molecule has 0 radical (unpaired) electrons. The molecular weight excluding hydrogens is 586 g/mol. The van der Waals surface area contributed by atoms with Crippen molar-refractivity contribution < 1.29 is 29.0 Å². The number of piperidine rings is 2. The number of hydrogen-bond donors (Lipinski definition) is 2. The van der Waals surface area contributed by atoms with Gasteiger partial charge in [-0.3, -0.25) is 9.69 Å². The molecule has 250 valence electrons. The summed E-state index contributed by atoms with van der Waals surface area (Å²) < 4.78 is 11.6. The van der Waals surface area contributed by atoms with E-state index < -0.39 is 12.2 Å². The van der Waals surface area contributed by atoms with Gasteiger partial charge in [0.2, 0.25) is 0 Å². The number of nitrogens with zero attached hydrogens (tertiary/aromatic N) is 4. The first-order valence-corrected chi connectivity index (χ1v) is 17.1. The molecule has 46 heavy (non-hydrogen) atoms. The van der Waals surface area contributed by atoms with Crippen molar-refractivity contribution >= 4 is 18.0 Å². The van der Waals surface area contributed by atoms with Gasteiger partial charge >= 0.3 is 12.1 Å². The van der Waals surface area contributed by atoms with Crippen molar-refractivity contribution in [1.82, 2.24) is 24.9 Å². The van der Waals surface area contributed by atoms with E-state index in [2.05, 4.69) is 22.4 Å². The van der Waals surface area contributed by atoms with Crippen LogP contribution in [0.25, 0.3) is 0 Å². The molecule has 1 aliphatic carbocycles. The molecular formula is C35H49N5O6. The van der Waals surface area contributed by atoms with E-state index in [0.29, 0.717) is 51.6 Å². The molecule has 3 fully saturated rings. The van der Waals surface area contributed by atoms with Gasteiger partial charge in [0.05, 0.1) is 13.2 Å². The van der Waals surface area contributed by atoms with Gasteiger partial charge in [-0.25, -0.2) is 9.59 Å². The number of urea groups is 1. The summed E-state index contributed by atoms with van der Waals surface area (Å²) in [6.07, 6.45) is 8.82. The number of phenolic OH excluding ortho intramolecular Hbond substituents is 1. The normalized spacial score (nSPS) is 22.7. The van der Waals surface area contributed by atoms with Crippen LogP contribution < -0.4 is 5.32 Å². The topological polar surface area (TPSA) is 115 Å². The number of hydrogen-bond acceptors (Lipinski definition) is 7. The van der Waals surface area contributed by atoms with Crippen molar-refractivity contribution in [2.75, 3.05) is 59.0 Å². The van der Waals surface area contributed by atoms with Gasteiger partial charge in [-0.2, -0.15) is 0 Å². The van der Waals surface area contributed by atoms with Gasteiger partial charge in [0, 0.05) is 70.0 Å². The minimum absolute atomic E-state index is 0.0440. The number of nitrogens with one attached hydrogen (secondary N) is 1. The Morgan fingerprint density at radius 2 is 1.59 bits per heavy atom. The lowest BCUT2D eigenvalue weighted by molar-refractivity contribution is -0.142. The van der Waals surface area contributed by atoms with E-state index >= 15 is 0 Å². The Kier molecular flexibility index (Phi) is 10.2. The van der Waals surface area contributed by atoms with E-state index in [0.717, 1.165) is 80.8 Å². The van der Waals surface area contributed by atoms with Gasteiger partial charge < -0.3 is 34.6 Å². The van der Waals surface area contributed by atoms with Crippen molar-refractivity contribution in [3.8, 4) is 5.75 Å². The molecule has 11 nitrogen and oxygen atoms in total. The minimum atomic E-state index is -0.963. The number of benzene rings is 1. The lowest BCUT2D eigenvalue weighted by Crippen LogP contribution is -2.53. The maximum absolute atomic E-state index is 14.0. The summed E-state index contributed by atoms with van der Waals surface area (Å²) >= 11 is 0. The Balaban J connectivity index is 1.08. The number of rotatable bonds is 6. The summed E-state index contributed by atoms with van der Waals surface area (Å²) in [6, 6.07) is 4.15. The summed E-state index contributed by atoms with van der Waals surface area (Å²) in [5, 5.41) is 13.4. The highest BCUT2D eigenvalue weighted by Gasteiger charge is 2.36. The molecule has 1 aromatic carbocycles. The van der Waals surface area contributed by atoms with Crippen molar-refractivity contribution in [3.05, 3.63) is 52.2 Å². The zero-order valence-corrected chi connectivity index (χ0v) is 27.3. The van der Waals surface area contributed by atoms with E-state index in [1.165, 1.54) is 5.57 Å². The Hall–Kier alpha value is -3.57. The van der Waals surface area contributed by atoms with Crippen LogP contribution in [0.2, 0.25) is 0 Å². The van der Waals surface area contributed by atoms with Gasteiger partial charge in [-0.1, -0.05) is 24.3 Å². The number of aromatic hydroxyl groups is 1. The summed E-state index contributed by atoms with van der Waals surface area (Å²) in [4.78, 5) is 48.5. The SMILES string of the molecule is Cc1cc(C[C@@H](OC(=O)N2CCC(N3CCC4=C(CCC=C4)NC3=O)CC2)C(=O)N2CCC(N3CCOCC3)CC2)cc(C)c1O. The first kappa shape index (κ1) is 32.4. The Labute approximate surface area is 272 Å². The number of allylic oxidation sites excluding steroid dienone is 3. The lowest BCUT2D eigenvalue weighted by Gasteiger charge is -2.41. The summed E-state index contributed by atoms with van der Waals surface area (Å²) in [5.41, 5.74) is 4.55. The average molecular weight is 636 g/mol. The molecule has 4 aliphatic heterocycles. The fourth-order valence-electron chi connectivity index (χ4n) is 7.69. The Morgan fingerprint density at radius 1 is 0.935 bits per heavy atom. The molecule has 0 spiro atoms. The highest BCUT2D eigenvalue weighted by atomic mass is 16.6. The predicted molar refractivity (Wildman–Crippen MR) is 173 cm³/mol. The second-order valence-corrected chi connectivity index (χ2v) is 13.4. The number of amides is 4. The zero-order valence-electron chi connectivity index (χ0n) is 27.3. The van der Waals surface area contributed by atoms with Crippen molar-refractivity contribution in [1.29, 1.82) is 0 Å². The molecule has 0 bridgehead atoms. The molecule has 1 atom stereocenters. The van der Waals surface area contributed by atoms with Gasteiger partial charge in [-0.05, 0) is 81.1 Å². The number of morpholine rings is 1. The van der Waals surface area contributed by atoms with Gasteiger partial charge in [0.1, 0.15) is 5.75 Å². The maximum atomic E-state index is 14.0. The first-order valence-electron chi connectivity index (χ1n) is 17.1. The molecule has 4 amide bonds. The van der Waals surface area contributed by atoms with Crippen LogP contribution in [0, 0.1) is 13.8 Å². The third-order valence-corrected chi connectivity index (χ3v) is 10.4. The third-order valence-electron chi connectivity index (χ3n) is 10.4. The Morgan fingerprint density at radius 3 is 2.28 bits per heavy atom. The standard InChI is InChI=1S/C35H49N5O6/c1-24-21-26(22-25(2)32(24)41)23-31(33(42)38-12-8-28(9-13-38)37-17-19-45-20-18-37)46-35(44)39-14-10-29(11-15-39)40-16-7-27-5-3-4-6-30(27)36-34(40)43/h3,5,21-22,28-29,31,41H,4,6-20,23H2,1-2H3,(H,36,43)/t31-/m1/s1. The zero-order chi connectivity index (χ0) is 32.2. The molecule has 5 aliphatic rings. The average Bonchev–Trinajstić information content (AvgIpc) is 3.25. The minimum Gasteiger partial charge on any atom is -0.507 e. The quantitative estimate of drug-likeness (QED) is 0.488. The molecule has 0 saturated carbocycles. The van der Waals surface area contributed by atoms with E-state index in [9.17, 15) is 19.5 Å². The number of carbonyl (C=O) groups is 3. The van der Waals surface area contributed by atoms with E-state index in [4.69, 9.17) is 9.47 Å². The highest BCUT2D eigenvalue weighted by Crippen LogP contribution is 2.28. The largest absolute Gasteiger partial charge is 0.507 e. The van der Waals surface area contributed by atoms with E-state index in [1.54, 1.807) is 4.90 Å². The predicted octanol–water partition coefficient (Wildman–Crippen LogP) is 3.86.